The van der Waals surface area contributed by atoms with Crippen molar-refractivity contribution < 1.29 is 23.9 Å². The van der Waals surface area contributed by atoms with Crippen molar-refractivity contribution in [3.8, 4) is 11.5 Å². The van der Waals surface area contributed by atoms with E-state index in [1.807, 2.05) is 36.4 Å². The van der Waals surface area contributed by atoms with E-state index in [1.54, 1.807) is 31.2 Å². The first-order chi connectivity index (χ1) is 15.5. The highest BCUT2D eigenvalue weighted by molar-refractivity contribution is 5.91. The highest BCUT2D eigenvalue weighted by atomic mass is 16.5. The van der Waals surface area contributed by atoms with Gasteiger partial charge in [-0.25, -0.2) is 9.59 Å². The number of ether oxygens (including phenoxy) is 2. The lowest BCUT2D eigenvalue weighted by Crippen LogP contribution is -2.39. The first-order valence-corrected chi connectivity index (χ1v) is 10.6. The van der Waals surface area contributed by atoms with Crippen LogP contribution < -0.4 is 20.7 Å². The van der Waals surface area contributed by atoms with Crippen molar-refractivity contribution in [2.75, 3.05) is 18.5 Å². The van der Waals surface area contributed by atoms with Crippen molar-refractivity contribution in [2.45, 2.75) is 25.8 Å². The highest BCUT2D eigenvalue weighted by Crippen LogP contribution is 2.29. The monoisotopic (exact) mass is 437 g/mol. The van der Waals surface area contributed by atoms with Gasteiger partial charge in [0.2, 0.25) is 5.91 Å². The molecule has 168 valence electrons. The fourth-order valence-corrected chi connectivity index (χ4v) is 3.35. The first kappa shape index (κ1) is 22.9. The molecule has 3 N–H and O–H groups in total. The van der Waals surface area contributed by atoms with Crippen molar-refractivity contribution in [2.24, 2.45) is 5.92 Å². The lowest BCUT2D eigenvalue weighted by molar-refractivity contribution is -0.137. The minimum Gasteiger partial charge on any atom is -0.463 e. The van der Waals surface area contributed by atoms with Crippen LogP contribution in [0.4, 0.5) is 10.5 Å². The maximum atomic E-state index is 12.7. The molecule has 0 radical (unpaired) electrons. The normalized spacial score (nSPS) is 16.3. The van der Waals surface area contributed by atoms with Gasteiger partial charge >= 0.3 is 12.0 Å². The number of anilines is 1. The van der Waals surface area contributed by atoms with E-state index in [0.717, 1.165) is 0 Å². The highest BCUT2D eigenvalue weighted by Gasteiger charge is 2.27. The predicted molar refractivity (Wildman–Crippen MR) is 120 cm³/mol. The van der Waals surface area contributed by atoms with Crippen LogP contribution in [0.3, 0.4) is 0 Å². The lowest BCUT2D eigenvalue weighted by atomic mass is 9.98. The van der Waals surface area contributed by atoms with Gasteiger partial charge in [-0.05, 0) is 44.0 Å². The Morgan fingerprint density at radius 3 is 2.62 bits per heavy atom. The maximum absolute atomic E-state index is 12.7. The van der Waals surface area contributed by atoms with E-state index < -0.39 is 18.0 Å². The summed E-state index contributed by atoms with van der Waals surface area (Å²) in [6.45, 7) is 2.58. The molecule has 32 heavy (non-hydrogen) atoms. The number of urea groups is 1. The molecule has 1 fully saturated rings. The number of amides is 3. The molecule has 0 saturated carbocycles. The van der Waals surface area contributed by atoms with Crippen molar-refractivity contribution >= 4 is 23.6 Å². The minimum absolute atomic E-state index is 0.0525. The molecule has 0 unspecified atom stereocenters. The molecular weight excluding hydrogens is 410 g/mol. The number of rotatable bonds is 9. The quantitative estimate of drug-likeness (QED) is 0.410. The van der Waals surface area contributed by atoms with Crippen molar-refractivity contribution in [3.05, 3.63) is 66.7 Å². The molecule has 1 saturated heterocycles. The Kier molecular flexibility index (Phi) is 8.25. The summed E-state index contributed by atoms with van der Waals surface area (Å²) in [7, 11) is 0. The van der Waals surface area contributed by atoms with Crippen molar-refractivity contribution in [1.29, 1.82) is 0 Å². The topological polar surface area (TPSA) is 106 Å². The summed E-state index contributed by atoms with van der Waals surface area (Å²) in [6, 6.07) is 15.3. The standard InChI is InChI=1S/C24H27N3O5/c1-2-31-22(28)13-12-18(16-17-14-15-25-23(17)29)26-24(30)27-20-10-6-7-11-21(20)32-19-8-4-3-5-9-19/h3-13,17-18H,2,14-16H2,1H3,(H,25,29)(H2,26,27,30)/t17-,18+/m0/s1. The summed E-state index contributed by atoms with van der Waals surface area (Å²) < 4.78 is 10.8. The second-order valence-corrected chi connectivity index (χ2v) is 7.24. The van der Waals surface area contributed by atoms with Gasteiger partial charge < -0.3 is 25.4 Å². The van der Waals surface area contributed by atoms with Gasteiger partial charge in [-0.1, -0.05) is 36.4 Å². The third-order valence-electron chi connectivity index (χ3n) is 4.88. The number of benzene rings is 2. The van der Waals surface area contributed by atoms with Gasteiger partial charge in [-0.15, -0.1) is 0 Å². The molecule has 3 amide bonds. The second-order valence-electron chi connectivity index (χ2n) is 7.24. The average Bonchev–Trinajstić information content (AvgIpc) is 3.18. The zero-order chi connectivity index (χ0) is 22.8. The summed E-state index contributed by atoms with van der Waals surface area (Å²) in [4.78, 5) is 36.4. The van der Waals surface area contributed by atoms with E-state index in [4.69, 9.17) is 9.47 Å². The molecule has 0 spiro atoms. The summed E-state index contributed by atoms with van der Waals surface area (Å²) >= 11 is 0. The SMILES string of the molecule is CCOC(=O)C=C[C@H](C[C@@H]1CCNC1=O)NC(=O)Nc1ccccc1Oc1ccccc1. The fourth-order valence-electron chi connectivity index (χ4n) is 3.35. The summed E-state index contributed by atoms with van der Waals surface area (Å²) in [5.41, 5.74) is 0.487. The van der Waals surface area contributed by atoms with Gasteiger partial charge in [0, 0.05) is 18.5 Å². The number of carbonyl (C=O) groups is 3. The largest absolute Gasteiger partial charge is 0.463 e. The Bertz CT molecular complexity index is 961. The van der Waals surface area contributed by atoms with Crippen LogP contribution in [0.15, 0.2) is 66.7 Å². The Hall–Kier alpha value is -3.81. The van der Waals surface area contributed by atoms with Gasteiger partial charge in [0.15, 0.2) is 5.75 Å². The summed E-state index contributed by atoms with van der Waals surface area (Å²) in [5.74, 6) is 0.341. The molecule has 2 aromatic carbocycles. The maximum Gasteiger partial charge on any atom is 0.330 e. The lowest BCUT2D eigenvalue weighted by Gasteiger charge is -2.19. The van der Waals surface area contributed by atoms with Gasteiger partial charge in [0.1, 0.15) is 5.75 Å². The molecule has 1 aliphatic heterocycles. The van der Waals surface area contributed by atoms with Gasteiger partial charge in [0.25, 0.3) is 0 Å². The van der Waals surface area contributed by atoms with E-state index in [-0.39, 0.29) is 18.4 Å². The Morgan fingerprint density at radius 2 is 1.91 bits per heavy atom. The molecule has 8 nitrogen and oxygen atoms in total. The molecule has 0 bridgehead atoms. The average molecular weight is 437 g/mol. The third kappa shape index (κ3) is 6.87. The van der Waals surface area contributed by atoms with Crippen LogP contribution >= 0.6 is 0 Å². The third-order valence-corrected chi connectivity index (χ3v) is 4.88. The number of hydrogen-bond acceptors (Lipinski definition) is 5. The van der Waals surface area contributed by atoms with Crippen LogP contribution in [0.25, 0.3) is 0 Å². The van der Waals surface area contributed by atoms with Gasteiger partial charge in [-0.2, -0.15) is 0 Å². The van der Waals surface area contributed by atoms with Crippen LogP contribution in [0.2, 0.25) is 0 Å². The molecular formula is C24H27N3O5. The van der Waals surface area contributed by atoms with E-state index in [0.29, 0.717) is 36.6 Å². The van der Waals surface area contributed by atoms with Gasteiger partial charge in [-0.3, -0.25) is 4.79 Å². The Morgan fingerprint density at radius 1 is 1.16 bits per heavy atom. The second kappa shape index (κ2) is 11.5. The number of esters is 1. The molecule has 2 atom stereocenters. The zero-order valence-electron chi connectivity index (χ0n) is 17.9. The summed E-state index contributed by atoms with van der Waals surface area (Å²) in [5, 5.41) is 8.39. The van der Waals surface area contributed by atoms with Crippen molar-refractivity contribution in [1.82, 2.24) is 10.6 Å². The number of nitrogens with one attached hydrogen (secondary N) is 3. The van der Waals surface area contributed by atoms with Crippen LogP contribution in [-0.4, -0.2) is 37.1 Å². The Labute approximate surface area is 187 Å². The van der Waals surface area contributed by atoms with Crippen LogP contribution in [0.1, 0.15) is 19.8 Å². The van der Waals surface area contributed by atoms with Crippen LogP contribution in [-0.2, 0) is 14.3 Å². The number of hydrogen-bond donors (Lipinski definition) is 3. The van der Waals surface area contributed by atoms with Crippen LogP contribution in [0, 0.1) is 5.92 Å². The molecule has 1 aliphatic rings. The van der Waals surface area contributed by atoms with Crippen molar-refractivity contribution in [3.63, 3.8) is 0 Å². The van der Waals surface area contributed by atoms with Gasteiger partial charge in [0.05, 0.1) is 18.3 Å². The molecule has 1 heterocycles. The molecule has 0 aromatic heterocycles. The smallest absolute Gasteiger partial charge is 0.330 e. The van der Waals surface area contributed by atoms with E-state index >= 15 is 0 Å². The predicted octanol–water partition coefficient (Wildman–Crippen LogP) is 3.61. The first-order valence-electron chi connectivity index (χ1n) is 10.6. The number of carbonyl (C=O) groups excluding carboxylic acids is 3. The van der Waals surface area contributed by atoms with E-state index in [1.165, 1.54) is 6.08 Å². The Balaban J connectivity index is 1.67. The van der Waals surface area contributed by atoms with E-state index in [2.05, 4.69) is 16.0 Å². The fraction of sp³-hybridized carbons (Fsp3) is 0.292. The summed E-state index contributed by atoms with van der Waals surface area (Å²) in [6.07, 6.45) is 3.88. The number of para-hydroxylation sites is 3. The molecule has 0 aliphatic carbocycles. The molecule has 2 aromatic rings. The zero-order valence-corrected chi connectivity index (χ0v) is 17.9. The minimum atomic E-state index is -0.532. The van der Waals surface area contributed by atoms with E-state index in [9.17, 15) is 14.4 Å². The molecule has 3 rings (SSSR count). The molecule has 8 heteroatoms. The van der Waals surface area contributed by atoms with Crippen LogP contribution in [0.5, 0.6) is 11.5 Å².